The molecule has 0 radical (unpaired) electrons. The summed E-state index contributed by atoms with van der Waals surface area (Å²) in [6.07, 6.45) is 2.12. The molecule has 2 heterocycles. The van der Waals surface area contributed by atoms with Gasteiger partial charge in [-0.15, -0.1) is 0 Å². The molecule has 1 N–H and O–H groups in total. The molecule has 1 atom stereocenters. The number of ether oxygens (including phenoxy) is 1. The van der Waals surface area contributed by atoms with Crippen LogP contribution in [0.3, 0.4) is 0 Å². The lowest BCUT2D eigenvalue weighted by Gasteiger charge is -2.38. The molecule has 1 fully saturated rings. The van der Waals surface area contributed by atoms with Crippen LogP contribution >= 0.6 is 0 Å². The minimum atomic E-state index is -0.927. The van der Waals surface area contributed by atoms with Crippen LogP contribution in [0.25, 0.3) is 11.3 Å². The largest absolute Gasteiger partial charge is 0.490 e. The van der Waals surface area contributed by atoms with E-state index in [1.807, 2.05) is 6.07 Å². The number of hydrogen-bond acceptors (Lipinski definition) is 5. The average molecular weight is 313 g/mol. The topological polar surface area (TPSA) is 92.6 Å². The van der Waals surface area contributed by atoms with E-state index in [9.17, 15) is 9.59 Å². The Bertz CT molecular complexity index is 735. The third-order valence-electron chi connectivity index (χ3n) is 3.78. The lowest BCUT2D eigenvalue weighted by Crippen LogP contribution is -2.53. The van der Waals surface area contributed by atoms with E-state index in [0.29, 0.717) is 23.6 Å². The molecule has 23 heavy (non-hydrogen) atoms. The zero-order valence-electron chi connectivity index (χ0n) is 12.3. The third-order valence-corrected chi connectivity index (χ3v) is 3.78. The fraction of sp³-hybridized carbons (Fsp3) is 0.250. The van der Waals surface area contributed by atoms with Crippen molar-refractivity contribution < 1.29 is 19.4 Å². The van der Waals surface area contributed by atoms with Crippen molar-refractivity contribution >= 4 is 12.4 Å². The highest BCUT2D eigenvalue weighted by molar-refractivity contribution is 5.78. The number of benzene rings is 1. The van der Waals surface area contributed by atoms with Gasteiger partial charge in [0, 0.05) is 23.7 Å². The molecule has 0 unspecified atom stereocenters. The van der Waals surface area contributed by atoms with E-state index in [2.05, 4.69) is 10.2 Å². The molecule has 7 nitrogen and oxygen atoms in total. The Hall–Kier alpha value is -2.96. The number of likely N-dealkylation sites (tertiary alicyclic amines) is 1. The van der Waals surface area contributed by atoms with Crippen molar-refractivity contribution in [3.63, 3.8) is 0 Å². The van der Waals surface area contributed by atoms with Gasteiger partial charge in [-0.05, 0) is 12.5 Å². The van der Waals surface area contributed by atoms with Gasteiger partial charge in [0.2, 0.25) is 0 Å². The summed E-state index contributed by atoms with van der Waals surface area (Å²) in [5.74, 6) is 0.517. The molecule has 0 aliphatic carbocycles. The van der Waals surface area contributed by atoms with E-state index in [-0.39, 0.29) is 12.6 Å². The molecular formula is C16H15N3O4. The first-order valence-corrected chi connectivity index (χ1v) is 7.18. The highest BCUT2D eigenvalue weighted by Crippen LogP contribution is 2.23. The van der Waals surface area contributed by atoms with E-state index in [0.717, 1.165) is 18.3 Å². The number of rotatable bonds is 5. The molecule has 1 aliphatic heterocycles. The number of carbonyl (C=O) groups is 2. The molecule has 1 aliphatic rings. The number of carboxylic acid groups (broad SMARTS) is 1. The van der Waals surface area contributed by atoms with Crippen LogP contribution in [0.2, 0.25) is 0 Å². The number of hydrogen-bond donors (Lipinski definition) is 1. The lowest BCUT2D eigenvalue weighted by molar-refractivity contribution is 0.0498. The quantitative estimate of drug-likeness (QED) is 0.850. The first-order chi connectivity index (χ1) is 11.2. The molecule has 3 rings (SSSR count). The highest BCUT2D eigenvalue weighted by atomic mass is 16.5. The van der Waals surface area contributed by atoms with Crippen LogP contribution in [0.4, 0.5) is 4.79 Å². The first kappa shape index (κ1) is 15.0. The van der Waals surface area contributed by atoms with Crippen molar-refractivity contribution in [3.8, 4) is 17.0 Å². The van der Waals surface area contributed by atoms with E-state index in [1.165, 1.54) is 11.1 Å². The average Bonchev–Trinajstić information content (AvgIpc) is 2.54. The minimum absolute atomic E-state index is 0.123. The maximum atomic E-state index is 10.9. The van der Waals surface area contributed by atoms with Crippen molar-refractivity contribution in [2.45, 2.75) is 12.5 Å². The van der Waals surface area contributed by atoms with Gasteiger partial charge < -0.3 is 14.7 Å². The number of aromatic nitrogens is 2. The van der Waals surface area contributed by atoms with Gasteiger partial charge in [-0.1, -0.05) is 18.2 Å². The van der Waals surface area contributed by atoms with Gasteiger partial charge >= 0.3 is 6.09 Å². The van der Waals surface area contributed by atoms with Gasteiger partial charge in [-0.2, -0.15) is 10.2 Å². The molecule has 0 spiro atoms. The lowest BCUT2D eigenvalue weighted by atomic mass is 10.1. The molecule has 1 aromatic heterocycles. The van der Waals surface area contributed by atoms with Crippen LogP contribution in [0, 0.1) is 0 Å². The monoisotopic (exact) mass is 313 g/mol. The van der Waals surface area contributed by atoms with Crippen LogP contribution in [0.15, 0.2) is 36.5 Å². The van der Waals surface area contributed by atoms with Gasteiger partial charge in [0.05, 0.1) is 17.9 Å². The Labute approximate surface area is 132 Å². The van der Waals surface area contributed by atoms with Crippen LogP contribution in [-0.2, 0) is 0 Å². The van der Waals surface area contributed by atoms with Crippen LogP contribution in [-0.4, -0.2) is 51.8 Å². The normalized spacial score (nSPS) is 16.5. The number of aldehydes is 1. The molecule has 2 aromatic rings. The highest BCUT2D eigenvalue weighted by Gasteiger charge is 2.32. The molecule has 0 saturated carbocycles. The molecule has 1 aromatic carbocycles. The number of nitrogens with zero attached hydrogens (tertiary/aromatic N) is 3. The fourth-order valence-corrected chi connectivity index (χ4v) is 2.40. The molecule has 1 amide bonds. The maximum absolute atomic E-state index is 10.9. The summed E-state index contributed by atoms with van der Waals surface area (Å²) in [5.41, 5.74) is 1.92. The SMILES string of the molecule is O=Cc1cccc(-c2cc(OC[C@@H]3CCN3C(=O)O)cnn2)c1. The van der Waals surface area contributed by atoms with Crippen molar-refractivity contribution in [2.75, 3.05) is 13.2 Å². The molecular weight excluding hydrogens is 298 g/mol. The summed E-state index contributed by atoms with van der Waals surface area (Å²) >= 11 is 0. The summed E-state index contributed by atoms with van der Waals surface area (Å²) in [4.78, 5) is 23.1. The van der Waals surface area contributed by atoms with E-state index in [4.69, 9.17) is 9.84 Å². The Balaban J connectivity index is 1.70. The van der Waals surface area contributed by atoms with Gasteiger partial charge in [-0.25, -0.2) is 4.79 Å². The van der Waals surface area contributed by atoms with E-state index < -0.39 is 6.09 Å². The molecule has 0 bridgehead atoms. The summed E-state index contributed by atoms with van der Waals surface area (Å²) in [6.45, 7) is 0.827. The molecule has 1 saturated heterocycles. The van der Waals surface area contributed by atoms with Crippen molar-refractivity contribution in [2.24, 2.45) is 0 Å². The number of amides is 1. The van der Waals surface area contributed by atoms with Gasteiger partial charge in [0.25, 0.3) is 0 Å². The standard InChI is InChI=1S/C16H15N3O4/c20-9-11-2-1-3-12(6-11)15-7-14(8-17-18-15)23-10-13-4-5-19(13)16(21)22/h1-3,6-9,13H,4-5,10H2,(H,21,22)/t13-/m0/s1. The van der Waals surface area contributed by atoms with Crippen LogP contribution in [0.1, 0.15) is 16.8 Å². The predicted octanol–water partition coefficient (Wildman–Crippen LogP) is 2.09. The Morgan fingerprint density at radius 2 is 2.30 bits per heavy atom. The van der Waals surface area contributed by atoms with E-state index in [1.54, 1.807) is 24.3 Å². The zero-order valence-corrected chi connectivity index (χ0v) is 12.3. The second kappa shape index (κ2) is 6.43. The zero-order chi connectivity index (χ0) is 16.2. The van der Waals surface area contributed by atoms with E-state index >= 15 is 0 Å². The summed E-state index contributed by atoms with van der Waals surface area (Å²) < 4.78 is 5.63. The Kier molecular flexibility index (Phi) is 4.18. The fourth-order valence-electron chi connectivity index (χ4n) is 2.40. The molecule has 118 valence electrons. The second-order valence-corrected chi connectivity index (χ2v) is 5.25. The third kappa shape index (κ3) is 3.28. The molecule has 7 heteroatoms. The van der Waals surface area contributed by atoms with Crippen LogP contribution < -0.4 is 4.74 Å². The van der Waals surface area contributed by atoms with Crippen molar-refractivity contribution in [3.05, 3.63) is 42.1 Å². The summed E-state index contributed by atoms with van der Waals surface area (Å²) in [7, 11) is 0. The maximum Gasteiger partial charge on any atom is 0.407 e. The predicted molar refractivity (Wildman–Crippen MR) is 81.5 cm³/mol. The summed E-state index contributed by atoms with van der Waals surface area (Å²) in [5, 5.41) is 16.9. The smallest absolute Gasteiger partial charge is 0.407 e. The Morgan fingerprint density at radius 3 is 3.00 bits per heavy atom. The van der Waals surface area contributed by atoms with Crippen molar-refractivity contribution in [1.82, 2.24) is 15.1 Å². The first-order valence-electron chi connectivity index (χ1n) is 7.18. The van der Waals surface area contributed by atoms with Gasteiger partial charge in [0.15, 0.2) is 0 Å². The second-order valence-electron chi connectivity index (χ2n) is 5.25. The minimum Gasteiger partial charge on any atom is -0.490 e. The van der Waals surface area contributed by atoms with Gasteiger partial charge in [0.1, 0.15) is 18.6 Å². The van der Waals surface area contributed by atoms with Crippen molar-refractivity contribution in [1.29, 1.82) is 0 Å². The Morgan fingerprint density at radius 1 is 1.43 bits per heavy atom. The number of carbonyl (C=O) groups excluding carboxylic acids is 1. The van der Waals surface area contributed by atoms with Crippen LogP contribution in [0.5, 0.6) is 5.75 Å². The summed E-state index contributed by atoms with van der Waals surface area (Å²) in [6, 6.07) is 8.63. The van der Waals surface area contributed by atoms with Gasteiger partial charge in [-0.3, -0.25) is 4.79 Å².